The van der Waals surface area contributed by atoms with Crippen molar-refractivity contribution in [3.8, 4) is 5.75 Å². The zero-order valence-corrected chi connectivity index (χ0v) is 15.7. The number of carbonyl (C=O) groups is 2. The molecular weight excluding hydrogens is 318 g/mol. The minimum absolute atomic E-state index is 0.0310. The fourth-order valence-electron chi connectivity index (χ4n) is 3.02. The molecule has 0 radical (unpaired) electrons. The highest BCUT2D eigenvalue weighted by Gasteiger charge is 2.24. The Morgan fingerprint density at radius 2 is 2.04 bits per heavy atom. The number of benzene rings is 1. The molecule has 6 nitrogen and oxygen atoms in total. The molecule has 1 aromatic rings. The Morgan fingerprint density at radius 3 is 2.68 bits per heavy atom. The topological polar surface area (TPSA) is 61.9 Å². The van der Waals surface area contributed by atoms with Crippen LogP contribution in [0, 0.1) is 13.8 Å². The van der Waals surface area contributed by atoms with E-state index >= 15 is 0 Å². The Kier molecular flexibility index (Phi) is 6.67. The van der Waals surface area contributed by atoms with Crippen molar-refractivity contribution in [1.29, 1.82) is 0 Å². The van der Waals surface area contributed by atoms with Crippen LogP contribution in [0.3, 0.4) is 0 Å². The number of nitrogens with one attached hydrogen (secondary N) is 1. The molecule has 0 aromatic heterocycles. The van der Waals surface area contributed by atoms with E-state index in [1.807, 2.05) is 32.0 Å². The molecule has 0 aliphatic carbocycles. The third-order valence-corrected chi connectivity index (χ3v) is 4.59. The zero-order valence-electron chi connectivity index (χ0n) is 15.7. The van der Waals surface area contributed by atoms with Gasteiger partial charge in [-0.15, -0.1) is 0 Å². The fraction of sp³-hybridized carbons (Fsp3) is 0.579. The molecule has 1 saturated heterocycles. The molecule has 1 aliphatic rings. The number of rotatable bonds is 6. The van der Waals surface area contributed by atoms with Crippen molar-refractivity contribution in [1.82, 2.24) is 15.1 Å². The maximum absolute atomic E-state index is 12.2. The monoisotopic (exact) mass is 347 g/mol. The summed E-state index contributed by atoms with van der Waals surface area (Å²) >= 11 is 0. The maximum Gasteiger partial charge on any atom is 0.317 e. The number of piperidine rings is 1. The Balaban J connectivity index is 1.70. The quantitative estimate of drug-likeness (QED) is 0.804. The van der Waals surface area contributed by atoms with Crippen molar-refractivity contribution in [3.63, 3.8) is 0 Å². The van der Waals surface area contributed by atoms with Gasteiger partial charge in [0.1, 0.15) is 5.75 Å². The van der Waals surface area contributed by atoms with Gasteiger partial charge in [0, 0.05) is 39.6 Å². The molecule has 1 aliphatic heterocycles. The van der Waals surface area contributed by atoms with Crippen LogP contribution in [0.25, 0.3) is 0 Å². The van der Waals surface area contributed by atoms with Crippen LogP contribution >= 0.6 is 0 Å². The number of likely N-dealkylation sites (tertiary alicyclic amines) is 1. The summed E-state index contributed by atoms with van der Waals surface area (Å²) in [6.45, 7) is 5.85. The van der Waals surface area contributed by atoms with Crippen LogP contribution in [-0.4, -0.2) is 61.6 Å². The molecule has 0 bridgehead atoms. The first-order chi connectivity index (χ1) is 11.9. The highest BCUT2D eigenvalue weighted by atomic mass is 16.5. The van der Waals surface area contributed by atoms with Crippen LogP contribution in [0.1, 0.15) is 30.4 Å². The Bertz CT molecular complexity index is 598. The second-order valence-corrected chi connectivity index (χ2v) is 6.80. The van der Waals surface area contributed by atoms with Crippen LogP contribution in [-0.2, 0) is 4.79 Å². The van der Waals surface area contributed by atoms with E-state index in [-0.39, 0.29) is 18.0 Å². The van der Waals surface area contributed by atoms with E-state index in [2.05, 4.69) is 5.32 Å². The van der Waals surface area contributed by atoms with Gasteiger partial charge in [-0.1, -0.05) is 18.2 Å². The SMILES string of the molecule is Cc1cccc(C)c1OCCCN(C)C(=O)N[C@@H]1CCC(=O)N(C)C1. The number of urea groups is 1. The van der Waals surface area contributed by atoms with Crippen LogP contribution in [0.15, 0.2) is 18.2 Å². The molecule has 1 atom stereocenters. The van der Waals surface area contributed by atoms with Gasteiger partial charge >= 0.3 is 6.03 Å². The van der Waals surface area contributed by atoms with Gasteiger partial charge in [0.05, 0.1) is 6.61 Å². The Morgan fingerprint density at radius 1 is 1.36 bits per heavy atom. The number of amides is 3. The number of aryl methyl sites for hydroxylation is 2. The van der Waals surface area contributed by atoms with E-state index in [1.54, 1.807) is 23.9 Å². The number of ether oxygens (including phenoxy) is 1. The third-order valence-electron chi connectivity index (χ3n) is 4.59. The lowest BCUT2D eigenvalue weighted by Gasteiger charge is -2.31. The smallest absolute Gasteiger partial charge is 0.317 e. The van der Waals surface area contributed by atoms with Gasteiger partial charge in [0.25, 0.3) is 0 Å². The van der Waals surface area contributed by atoms with Gasteiger partial charge in [-0.05, 0) is 37.8 Å². The molecule has 1 heterocycles. The lowest BCUT2D eigenvalue weighted by atomic mass is 10.1. The highest BCUT2D eigenvalue weighted by Crippen LogP contribution is 2.22. The molecule has 1 fully saturated rings. The van der Waals surface area contributed by atoms with E-state index in [1.165, 1.54) is 0 Å². The maximum atomic E-state index is 12.2. The highest BCUT2D eigenvalue weighted by molar-refractivity contribution is 5.78. The number of hydrogen-bond acceptors (Lipinski definition) is 3. The predicted molar refractivity (Wildman–Crippen MR) is 97.8 cm³/mol. The van der Waals surface area contributed by atoms with Gasteiger partial charge in [-0.3, -0.25) is 4.79 Å². The first kappa shape index (κ1) is 19.1. The van der Waals surface area contributed by atoms with Gasteiger partial charge in [-0.2, -0.15) is 0 Å². The second-order valence-electron chi connectivity index (χ2n) is 6.80. The van der Waals surface area contributed by atoms with Gasteiger partial charge in [-0.25, -0.2) is 4.79 Å². The summed E-state index contributed by atoms with van der Waals surface area (Å²) in [6.07, 6.45) is 1.97. The molecule has 1 aromatic carbocycles. The van der Waals surface area contributed by atoms with Crippen LogP contribution in [0.5, 0.6) is 5.75 Å². The first-order valence-electron chi connectivity index (χ1n) is 8.83. The summed E-state index contributed by atoms with van der Waals surface area (Å²) in [5, 5.41) is 3.00. The minimum atomic E-state index is -0.0974. The summed E-state index contributed by atoms with van der Waals surface area (Å²) in [4.78, 5) is 27.1. The predicted octanol–water partition coefficient (Wildman–Crippen LogP) is 2.33. The molecular formula is C19H29N3O3. The molecule has 2 rings (SSSR count). The Labute approximate surface area is 150 Å². The first-order valence-corrected chi connectivity index (χ1v) is 8.83. The normalized spacial score (nSPS) is 17.4. The molecule has 1 N–H and O–H groups in total. The average Bonchev–Trinajstić information content (AvgIpc) is 2.56. The van der Waals surface area contributed by atoms with Crippen molar-refractivity contribution in [2.24, 2.45) is 0 Å². The number of nitrogens with zero attached hydrogens (tertiary/aromatic N) is 2. The molecule has 0 saturated carbocycles. The van der Waals surface area contributed by atoms with Crippen molar-refractivity contribution >= 4 is 11.9 Å². The van der Waals surface area contributed by atoms with E-state index in [0.29, 0.717) is 32.5 Å². The molecule has 0 spiro atoms. The standard InChI is InChI=1S/C19H29N3O3/c1-14-7-5-8-15(2)18(14)25-12-6-11-21(3)19(24)20-16-9-10-17(23)22(4)13-16/h5,7-8,16H,6,9-13H2,1-4H3,(H,20,24)/t16-/m1/s1. The largest absolute Gasteiger partial charge is 0.493 e. The molecule has 138 valence electrons. The zero-order chi connectivity index (χ0) is 18.4. The molecule has 0 unspecified atom stereocenters. The van der Waals surface area contributed by atoms with E-state index in [9.17, 15) is 9.59 Å². The van der Waals surface area contributed by atoms with Gasteiger partial charge in [0.2, 0.25) is 5.91 Å². The fourth-order valence-corrected chi connectivity index (χ4v) is 3.02. The van der Waals surface area contributed by atoms with Gasteiger partial charge in [0.15, 0.2) is 0 Å². The van der Waals surface area contributed by atoms with E-state index in [0.717, 1.165) is 23.3 Å². The van der Waals surface area contributed by atoms with Crippen molar-refractivity contribution in [2.75, 3.05) is 33.8 Å². The van der Waals surface area contributed by atoms with Crippen LogP contribution in [0.2, 0.25) is 0 Å². The summed E-state index contributed by atoms with van der Waals surface area (Å²) in [6, 6.07) is 6.02. The minimum Gasteiger partial charge on any atom is -0.493 e. The van der Waals surface area contributed by atoms with E-state index < -0.39 is 0 Å². The van der Waals surface area contributed by atoms with Crippen LogP contribution in [0.4, 0.5) is 4.79 Å². The molecule has 6 heteroatoms. The van der Waals surface area contributed by atoms with Crippen molar-refractivity contribution in [3.05, 3.63) is 29.3 Å². The molecule has 25 heavy (non-hydrogen) atoms. The van der Waals surface area contributed by atoms with Crippen molar-refractivity contribution < 1.29 is 14.3 Å². The van der Waals surface area contributed by atoms with Gasteiger partial charge < -0.3 is 19.9 Å². The third kappa shape index (κ3) is 5.37. The Hall–Kier alpha value is -2.24. The summed E-state index contributed by atoms with van der Waals surface area (Å²) in [5.74, 6) is 1.08. The molecule has 3 amide bonds. The van der Waals surface area contributed by atoms with E-state index in [4.69, 9.17) is 4.74 Å². The lowest BCUT2D eigenvalue weighted by molar-refractivity contribution is -0.132. The number of para-hydroxylation sites is 1. The average molecular weight is 347 g/mol. The second kappa shape index (κ2) is 8.74. The number of hydrogen-bond donors (Lipinski definition) is 1. The summed E-state index contributed by atoms with van der Waals surface area (Å²) in [5.41, 5.74) is 2.25. The van der Waals surface area contributed by atoms with Crippen LogP contribution < -0.4 is 10.1 Å². The number of carbonyl (C=O) groups excluding carboxylic acids is 2. The van der Waals surface area contributed by atoms with Crippen molar-refractivity contribution in [2.45, 2.75) is 39.2 Å². The lowest BCUT2D eigenvalue weighted by Crippen LogP contribution is -2.51. The summed E-state index contributed by atoms with van der Waals surface area (Å²) < 4.78 is 5.87. The number of likely N-dealkylation sites (N-methyl/N-ethyl adjacent to an activating group) is 1. The summed E-state index contributed by atoms with van der Waals surface area (Å²) in [7, 11) is 3.56.